The van der Waals surface area contributed by atoms with Gasteiger partial charge in [-0.25, -0.2) is 0 Å². The van der Waals surface area contributed by atoms with Gasteiger partial charge in [-0.05, 0) is 55.2 Å². The monoisotopic (exact) mass is 434 g/mol. The number of hydrogen-bond donors (Lipinski definition) is 0. The van der Waals surface area contributed by atoms with Crippen LogP contribution in [-0.2, 0) is 9.59 Å². The Hall–Kier alpha value is -3.48. The summed E-state index contributed by atoms with van der Waals surface area (Å²) in [6, 6.07) is 12.9. The van der Waals surface area contributed by atoms with Crippen molar-refractivity contribution in [2.75, 3.05) is 37.7 Å². The highest BCUT2D eigenvalue weighted by atomic mass is 16.6. The van der Waals surface area contributed by atoms with Crippen LogP contribution in [0.3, 0.4) is 0 Å². The lowest BCUT2D eigenvalue weighted by molar-refractivity contribution is -0.139. The number of piperidine rings is 1. The van der Waals surface area contributed by atoms with Gasteiger partial charge in [0.25, 0.3) is 11.8 Å². The second kappa shape index (κ2) is 8.94. The second-order valence-corrected chi connectivity index (χ2v) is 8.15. The second-order valence-electron chi connectivity index (χ2n) is 8.15. The molecule has 1 fully saturated rings. The molecule has 166 valence electrons. The van der Waals surface area contributed by atoms with E-state index in [0.717, 1.165) is 37.9 Å². The highest BCUT2D eigenvalue weighted by molar-refractivity contribution is 6.05. The molecule has 3 heterocycles. The van der Waals surface area contributed by atoms with Crippen molar-refractivity contribution in [1.82, 2.24) is 4.90 Å². The van der Waals surface area contributed by atoms with Crippen LogP contribution in [-0.4, -0.2) is 55.7 Å². The van der Waals surface area contributed by atoms with E-state index in [2.05, 4.69) is 0 Å². The van der Waals surface area contributed by atoms with Gasteiger partial charge in [-0.2, -0.15) is 0 Å². The Morgan fingerprint density at radius 3 is 2.53 bits per heavy atom. The molecule has 1 unspecified atom stereocenters. The molecule has 0 N–H and O–H groups in total. The van der Waals surface area contributed by atoms with Crippen LogP contribution in [0.15, 0.2) is 48.5 Å². The van der Waals surface area contributed by atoms with Crippen molar-refractivity contribution in [2.45, 2.75) is 25.4 Å². The number of carbonyl (C=O) groups is 2. The Balaban J connectivity index is 1.35. The minimum Gasteiger partial charge on any atom is -0.486 e. The minimum atomic E-state index is -0.699. The molecule has 0 bridgehead atoms. The number of rotatable bonds is 3. The van der Waals surface area contributed by atoms with Crippen molar-refractivity contribution in [3.05, 3.63) is 54.1 Å². The highest BCUT2D eigenvalue weighted by Crippen LogP contribution is 2.34. The summed E-state index contributed by atoms with van der Waals surface area (Å²) in [5, 5.41) is 0. The maximum Gasteiger partial charge on any atom is 0.265 e. The van der Waals surface area contributed by atoms with Gasteiger partial charge < -0.3 is 24.0 Å². The summed E-state index contributed by atoms with van der Waals surface area (Å²) in [6.07, 6.45) is 5.74. The van der Waals surface area contributed by atoms with Gasteiger partial charge in [-0.1, -0.05) is 18.2 Å². The predicted molar refractivity (Wildman–Crippen MR) is 120 cm³/mol. The topological polar surface area (TPSA) is 68.3 Å². The molecule has 0 aromatic heterocycles. The molecule has 1 atom stereocenters. The summed E-state index contributed by atoms with van der Waals surface area (Å²) in [5.74, 6) is 1.69. The first-order chi connectivity index (χ1) is 15.7. The van der Waals surface area contributed by atoms with Crippen LogP contribution in [0, 0.1) is 0 Å². The molecule has 3 aliphatic rings. The number of nitrogens with zero attached hydrogens (tertiary/aromatic N) is 2. The van der Waals surface area contributed by atoms with E-state index in [1.165, 1.54) is 6.08 Å². The summed E-state index contributed by atoms with van der Waals surface area (Å²) >= 11 is 0. The normalized spacial score (nSPS) is 19.9. The van der Waals surface area contributed by atoms with Crippen LogP contribution in [0.25, 0.3) is 6.08 Å². The van der Waals surface area contributed by atoms with Crippen LogP contribution in [0.1, 0.15) is 24.8 Å². The van der Waals surface area contributed by atoms with Gasteiger partial charge in [0.05, 0.1) is 12.2 Å². The lowest BCUT2D eigenvalue weighted by Crippen LogP contribution is -2.52. The fraction of sp³-hybridized carbons (Fsp3) is 0.360. The Bertz CT molecular complexity index is 1040. The zero-order chi connectivity index (χ0) is 21.9. The predicted octanol–water partition coefficient (Wildman–Crippen LogP) is 3.28. The van der Waals surface area contributed by atoms with Gasteiger partial charge in [0.2, 0.25) is 0 Å². The molecule has 0 radical (unpaired) electrons. The highest BCUT2D eigenvalue weighted by Gasteiger charge is 2.35. The van der Waals surface area contributed by atoms with E-state index >= 15 is 0 Å². The Labute approximate surface area is 187 Å². The number of para-hydroxylation sites is 2. The van der Waals surface area contributed by atoms with E-state index < -0.39 is 6.10 Å². The molecule has 2 aromatic rings. The van der Waals surface area contributed by atoms with Crippen molar-refractivity contribution >= 4 is 23.6 Å². The van der Waals surface area contributed by atoms with Crippen LogP contribution in [0.2, 0.25) is 0 Å². The number of benzene rings is 2. The fourth-order valence-electron chi connectivity index (χ4n) is 4.31. The maximum absolute atomic E-state index is 13.2. The summed E-state index contributed by atoms with van der Waals surface area (Å²) in [7, 11) is 0. The van der Waals surface area contributed by atoms with Gasteiger partial charge in [0.1, 0.15) is 19.0 Å². The summed E-state index contributed by atoms with van der Waals surface area (Å²) in [6.45, 7) is 2.73. The van der Waals surface area contributed by atoms with Gasteiger partial charge >= 0.3 is 0 Å². The van der Waals surface area contributed by atoms with Crippen LogP contribution in [0.5, 0.6) is 17.2 Å². The van der Waals surface area contributed by atoms with E-state index in [-0.39, 0.29) is 18.4 Å². The largest absolute Gasteiger partial charge is 0.486 e. The zero-order valence-corrected chi connectivity index (χ0v) is 17.9. The molecular weight excluding hydrogens is 408 g/mol. The molecule has 7 heteroatoms. The van der Waals surface area contributed by atoms with Gasteiger partial charge in [-0.3, -0.25) is 9.59 Å². The average Bonchev–Trinajstić information content (AvgIpc) is 2.86. The van der Waals surface area contributed by atoms with Crippen LogP contribution < -0.4 is 19.1 Å². The lowest BCUT2D eigenvalue weighted by atomic mass is 10.1. The maximum atomic E-state index is 13.2. The molecule has 3 aliphatic heterocycles. The first-order valence-electron chi connectivity index (χ1n) is 11.1. The lowest BCUT2D eigenvalue weighted by Gasteiger charge is -2.37. The van der Waals surface area contributed by atoms with E-state index in [0.29, 0.717) is 36.1 Å². The molecule has 7 nitrogen and oxygen atoms in total. The number of anilines is 1. The number of hydrogen-bond acceptors (Lipinski definition) is 5. The van der Waals surface area contributed by atoms with Crippen molar-refractivity contribution < 1.29 is 23.8 Å². The molecule has 2 aromatic carbocycles. The molecule has 0 saturated carbocycles. The molecule has 0 spiro atoms. The molecular formula is C25H26N2O5. The third-order valence-corrected chi connectivity index (χ3v) is 5.97. The summed E-state index contributed by atoms with van der Waals surface area (Å²) in [4.78, 5) is 29.7. The van der Waals surface area contributed by atoms with Crippen LogP contribution in [0.4, 0.5) is 5.69 Å². The zero-order valence-electron chi connectivity index (χ0n) is 17.9. The standard InChI is InChI=1S/C25H26N2O5/c28-24(11-9-18-8-10-21-22(16-18)31-15-14-30-21)27-17-23(25(29)26-12-4-1-5-13-26)32-20-7-3-2-6-19(20)27/h2-3,6-11,16,23H,1,4-5,12-15,17H2/b11-9+. The van der Waals surface area contributed by atoms with Crippen molar-refractivity contribution in [1.29, 1.82) is 0 Å². The molecule has 32 heavy (non-hydrogen) atoms. The smallest absolute Gasteiger partial charge is 0.265 e. The van der Waals surface area contributed by atoms with Gasteiger partial charge in [0, 0.05) is 19.2 Å². The van der Waals surface area contributed by atoms with Crippen molar-refractivity contribution in [2.24, 2.45) is 0 Å². The first kappa shape index (κ1) is 20.4. The first-order valence-corrected chi connectivity index (χ1v) is 11.1. The van der Waals surface area contributed by atoms with Gasteiger partial charge in [-0.15, -0.1) is 0 Å². The average molecular weight is 434 g/mol. The number of carbonyl (C=O) groups excluding carboxylic acids is 2. The number of amides is 2. The molecule has 0 aliphatic carbocycles. The number of fused-ring (bicyclic) bond motifs is 2. The van der Waals surface area contributed by atoms with E-state index in [1.807, 2.05) is 41.3 Å². The van der Waals surface area contributed by atoms with E-state index in [1.54, 1.807) is 17.0 Å². The number of likely N-dealkylation sites (tertiary alicyclic amines) is 1. The molecule has 1 saturated heterocycles. The third-order valence-electron chi connectivity index (χ3n) is 5.97. The Kier molecular flexibility index (Phi) is 5.71. The SMILES string of the molecule is O=C(C1CN(C(=O)/C=C/c2ccc3c(c2)OCCO3)c2ccccc2O1)N1CCCCC1. The van der Waals surface area contributed by atoms with E-state index in [4.69, 9.17) is 14.2 Å². The molecule has 2 amide bonds. The summed E-state index contributed by atoms with van der Waals surface area (Å²) < 4.78 is 17.2. The Morgan fingerprint density at radius 2 is 1.69 bits per heavy atom. The third kappa shape index (κ3) is 4.15. The number of ether oxygens (including phenoxy) is 3. The van der Waals surface area contributed by atoms with Crippen LogP contribution >= 0.6 is 0 Å². The van der Waals surface area contributed by atoms with Gasteiger partial charge in [0.15, 0.2) is 17.6 Å². The van der Waals surface area contributed by atoms with Crippen molar-refractivity contribution in [3.63, 3.8) is 0 Å². The molecule has 5 rings (SSSR count). The fourth-order valence-corrected chi connectivity index (χ4v) is 4.31. The summed E-state index contributed by atoms with van der Waals surface area (Å²) in [5.41, 5.74) is 1.51. The Morgan fingerprint density at radius 1 is 0.906 bits per heavy atom. The van der Waals surface area contributed by atoms with E-state index in [9.17, 15) is 9.59 Å². The quantitative estimate of drug-likeness (QED) is 0.694. The van der Waals surface area contributed by atoms with Crippen molar-refractivity contribution in [3.8, 4) is 17.2 Å². The minimum absolute atomic E-state index is 0.0483.